The molecule has 4 nitrogen and oxygen atoms in total. The van der Waals surface area contributed by atoms with Gasteiger partial charge in [0.1, 0.15) is 0 Å². The third kappa shape index (κ3) is 3.44. The van der Waals surface area contributed by atoms with E-state index in [1.54, 1.807) is 11.3 Å². The molecular formula is C11H12BrN3OS2. The van der Waals surface area contributed by atoms with Crippen LogP contribution in [0.2, 0.25) is 0 Å². The predicted octanol–water partition coefficient (Wildman–Crippen LogP) is 2.77. The topological polar surface area (TPSA) is 71.8 Å². The number of aromatic amines is 1. The van der Waals surface area contributed by atoms with E-state index in [0.29, 0.717) is 5.16 Å². The van der Waals surface area contributed by atoms with Gasteiger partial charge in [-0.2, -0.15) is 0 Å². The maximum Gasteiger partial charge on any atom is 0.251 e. The summed E-state index contributed by atoms with van der Waals surface area (Å²) in [4.78, 5) is 19.2. The van der Waals surface area contributed by atoms with Crippen LogP contribution in [0.5, 0.6) is 0 Å². The van der Waals surface area contributed by atoms with Crippen molar-refractivity contribution in [2.24, 2.45) is 5.73 Å². The maximum absolute atomic E-state index is 11.2. The van der Waals surface area contributed by atoms with Crippen molar-refractivity contribution in [2.45, 2.75) is 23.4 Å². The number of nitrogens with two attached hydrogens (primary N) is 1. The molecule has 0 spiro atoms. The lowest BCUT2D eigenvalue weighted by Gasteiger charge is -2.17. The Morgan fingerprint density at radius 2 is 2.28 bits per heavy atom. The molecule has 0 aliphatic heterocycles. The average molecular weight is 346 g/mol. The summed E-state index contributed by atoms with van der Waals surface area (Å²) >= 11 is 6.56. The van der Waals surface area contributed by atoms with Crippen molar-refractivity contribution < 1.29 is 0 Å². The first-order valence-electron chi connectivity index (χ1n) is 5.29. The molecule has 0 fully saturated rings. The summed E-state index contributed by atoms with van der Waals surface area (Å²) in [5, 5.41) is 0.668. The number of hydrogen-bond donors (Lipinski definition) is 2. The van der Waals surface area contributed by atoms with Gasteiger partial charge in [-0.1, -0.05) is 11.8 Å². The van der Waals surface area contributed by atoms with Gasteiger partial charge in [0, 0.05) is 23.2 Å². The lowest BCUT2D eigenvalue weighted by molar-refractivity contribution is 0.725. The Kier molecular flexibility index (Phi) is 4.60. The van der Waals surface area contributed by atoms with E-state index in [4.69, 9.17) is 5.73 Å². The molecule has 96 valence electrons. The predicted molar refractivity (Wildman–Crippen MR) is 79.1 cm³/mol. The molecule has 2 heterocycles. The molecule has 2 atom stereocenters. The highest BCUT2D eigenvalue weighted by Crippen LogP contribution is 2.39. The second kappa shape index (κ2) is 6.01. The number of nitrogens with zero attached hydrogens (tertiary/aromatic N) is 1. The molecule has 2 aromatic heterocycles. The minimum atomic E-state index is -0.150. The molecule has 7 heteroatoms. The fourth-order valence-corrected chi connectivity index (χ4v) is 4.18. The van der Waals surface area contributed by atoms with Crippen LogP contribution in [0, 0.1) is 0 Å². The Balaban J connectivity index is 2.24. The molecule has 3 N–H and O–H groups in total. The number of halogens is 1. The van der Waals surface area contributed by atoms with E-state index in [-0.39, 0.29) is 16.9 Å². The summed E-state index contributed by atoms with van der Waals surface area (Å²) in [5.74, 6) is 0. The summed E-state index contributed by atoms with van der Waals surface area (Å²) in [7, 11) is 0. The molecule has 0 bridgehead atoms. The molecule has 2 rings (SSSR count). The van der Waals surface area contributed by atoms with E-state index < -0.39 is 0 Å². The first-order valence-corrected chi connectivity index (χ1v) is 7.78. The van der Waals surface area contributed by atoms with Crippen molar-refractivity contribution in [1.29, 1.82) is 0 Å². The molecule has 0 aliphatic carbocycles. The monoisotopic (exact) mass is 345 g/mol. The Hall–Kier alpha value is -0.630. The molecule has 0 saturated heterocycles. The first-order chi connectivity index (χ1) is 8.56. The molecule has 0 amide bonds. The Morgan fingerprint density at radius 1 is 1.50 bits per heavy atom. The normalized spacial score (nSPS) is 14.4. The Bertz CT molecular complexity index is 581. The molecule has 18 heavy (non-hydrogen) atoms. The van der Waals surface area contributed by atoms with E-state index in [1.165, 1.54) is 24.0 Å². The Morgan fingerprint density at radius 3 is 2.83 bits per heavy atom. The van der Waals surface area contributed by atoms with Crippen LogP contribution in [0.25, 0.3) is 0 Å². The van der Waals surface area contributed by atoms with Gasteiger partial charge in [0.2, 0.25) is 0 Å². The fraction of sp³-hybridized carbons (Fsp3) is 0.273. The van der Waals surface area contributed by atoms with Crippen LogP contribution in [-0.4, -0.2) is 16.0 Å². The van der Waals surface area contributed by atoms with Gasteiger partial charge in [0.25, 0.3) is 5.56 Å². The van der Waals surface area contributed by atoms with Gasteiger partial charge >= 0.3 is 0 Å². The highest BCUT2D eigenvalue weighted by Gasteiger charge is 2.20. The summed E-state index contributed by atoms with van der Waals surface area (Å²) in [6.45, 7) is 1.95. The van der Waals surface area contributed by atoms with Gasteiger partial charge in [0.15, 0.2) is 5.16 Å². The smallest absolute Gasteiger partial charge is 0.251 e. The van der Waals surface area contributed by atoms with Crippen LogP contribution in [0.4, 0.5) is 0 Å². The lowest BCUT2D eigenvalue weighted by atomic mass is 10.2. The third-order valence-corrected chi connectivity index (χ3v) is 5.46. The van der Waals surface area contributed by atoms with Crippen LogP contribution in [0.1, 0.15) is 17.1 Å². The molecule has 0 aromatic carbocycles. The number of rotatable bonds is 4. The number of H-pyrrole nitrogens is 1. The number of thiophene rings is 1. The lowest BCUT2D eigenvalue weighted by Crippen LogP contribution is -2.22. The van der Waals surface area contributed by atoms with Gasteiger partial charge in [-0.15, -0.1) is 11.3 Å². The van der Waals surface area contributed by atoms with E-state index in [2.05, 4.69) is 25.9 Å². The van der Waals surface area contributed by atoms with Crippen molar-refractivity contribution >= 4 is 39.0 Å². The van der Waals surface area contributed by atoms with Crippen LogP contribution in [-0.2, 0) is 0 Å². The van der Waals surface area contributed by atoms with Crippen LogP contribution in [0.15, 0.2) is 38.1 Å². The van der Waals surface area contributed by atoms with Crippen molar-refractivity contribution in [2.75, 3.05) is 0 Å². The van der Waals surface area contributed by atoms with E-state index in [9.17, 15) is 4.79 Å². The molecule has 0 saturated carbocycles. The largest absolute Gasteiger partial charge is 0.327 e. The van der Waals surface area contributed by atoms with E-state index in [0.717, 1.165) is 8.66 Å². The number of nitrogens with one attached hydrogen (secondary N) is 1. The average Bonchev–Trinajstić information content (AvgIpc) is 2.72. The van der Waals surface area contributed by atoms with Crippen molar-refractivity contribution in [3.63, 3.8) is 0 Å². The molecule has 2 unspecified atom stereocenters. The molecule has 0 radical (unpaired) electrons. The zero-order valence-corrected chi connectivity index (χ0v) is 12.8. The second-order valence-corrected chi connectivity index (χ2v) is 7.40. The SMILES string of the molecule is CC(N)C(Sc1nccc(=O)[nH]1)c1ccc(Br)s1. The fourth-order valence-electron chi connectivity index (χ4n) is 1.44. The van der Waals surface area contributed by atoms with Gasteiger partial charge in [-0.25, -0.2) is 4.98 Å². The van der Waals surface area contributed by atoms with Gasteiger partial charge in [-0.05, 0) is 35.0 Å². The zero-order valence-electron chi connectivity index (χ0n) is 9.59. The van der Waals surface area contributed by atoms with Gasteiger partial charge in [0.05, 0.1) is 9.04 Å². The van der Waals surface area contributed by atoms with E-state index >= 15 is 0 Å². The first kappa shape index (κ1) is 13.8. The standard InChI is InChI=1S/C11H12BrN3OS2/c1-6(13)10(7-2-3-8(12)17-7)18-11-14-5-4-9(16)15-11/h2-6,10H,13H2,1H3,(H,14,15,16). The minimum Gasteiger partial charge on any atom is -0.327 e. The minimum absolute atomic E-state index is 0.0361. The molecular weight excluding hydrogens is 334 g/mol. The van der Waals surface area contributed by atoms with Crippen molar-refractivity contribution in [3.05, 3.63) is 43.4 Å². The highest BCUT2D eigenvalue weighted by molar-refractivity contribution is 9.11. The highest BCUT2D eigenvalue weighted by atomic mass is 79.9. The van der Waals surface area contributed by atoms with Crippen molar-refractivity contribution in [3.8, 4) is 0 Å². The van der Waals surface area contributed by atoms with E-state index in [1.807, 2.05) is 19.1 Å². The van der Waals surface area contributed by atoms with Gasteiger partial charge in [-0.3, -0.25) is 4.79 Å². The number of aromatic nitrogens is 2. The summed E-state index contributed by atoms with van der Waals surface area (Å²) in [6.07, 6.45) is 1.50. The van der Waals surface area contributed by atoms with Gasteiger partial charge < -0.3 is 10.7 Å². The second-order valence-electron chi connectivity index (χ2n) is 3.78. The quantitative estimate of drug-likeness (QED) is 0.660. The molecule has 0 aliphatic rings. The third-order valence-electron chi connectivity index (χ3n) is 2.24. The summed E-state index contributed by atoms with van der Waals surface area (Å²) in [6, 6.07) is 5.40. The summed E-state index contributed by atoms with van der Waals surface area (Å²) < 4.78 is 1.07. The molecule has 2 aromatic rings. The number of hydrogen-bond acceptors (Lipinski definition) is 5. The van der Waals surface area contributed by atoms with Crippen LogP contribution in [0.3, 0.4) is 0 Å². The zero-order chi connectivity index (χ0) is 13.1. The maximum atomic E-state index is 11.2. The van der Waals surface area contributed by atoms with Crippen LogP contribution >= 0.6 is 39.0 Å². The summed E-state index contributed by atoms with van der Waals surface area (Å²) in [5.41, 5.74) is 5.86. The van der Waals surface area contributed by atoms with Crippen LogP contribution < -0.4 is 11.3 Å². The number of thioether (sulfide) groups is 1. The van der Waals surface area contributed by atoms with Crippen molar-refractivity contribution in [1.82, 2.24) is 9.97 Å². The Labute approximate surface area is 121 Å².